The number of hydrogen-bond donors (Lipinski definition) is 1. The van der Waals surface area contributed by atoms with Gasteiger partial charge in [0.05, 0.1) is 30.0 Å². The number of fused-ring (bicyclic) bond motifs is 1. The second-order valence-electron chi connectivity index (χ2n) is 7.33. The molecule has 0 radical (unpaired) electrons. The summed E-state index contributed by atoms with van der Waals surface area (Å²) >= 11 is 1.40. The minimum atomic E-state index is -0.230. The summed E-state index contributed by atoms with van der Waals surface area (Å²) in [4.78, 5) is 28.9. The lowest BCUT2D eigenvalue weighted by Crippen LogP contribution is -2.36. The molecule has 7 nitrogen and oxygen atoms in total. The number of anilines is 2. The highest BCUT2D eigenvalue weighted by molar-refractivity contribution is 7.13. The minimum Gasteiger partial charge on any atom is -0.378 e. The van der Waals surface area contributed by atoms with Crippen LogP contribution in [0.2, 0.25) is 0 Å². The van der Waals surface area contributed by atoms with Crippen molar-refractivity contribution in [2.75, 3.05) is 36.5 Å². The Morgan fingerprint density at radius 3 is 2.77 bits per heavy atom. The standard InChI is InChI=1S/C23H21N5O2S/c1-15-14-31-23(25-15)27-22(29)19-7-3-5-17-13-24-21(26-20(17)19)16-4-2-6-18(12-16)28-8-10-30-11-9-28/h2-7,12-14H,8-11H2,1H3,(H,25,27,29). The average Bonchev–Trinajstić information content (AvgIpc) is 3.23. The van der Waals surface area contributed by atoms with Crippen molar-refractivity contribution < 1.29 is 9.53 Å². The molecule has 0 spiro atoms. The Morgan fingerprint density at radius 1 is 1.13 bits per heavy atom. The number of rotatable bonds is 4. The Morgan fingerprint density at radius 2 is 1.97 bits per heavy atom. The van der Waals surface area contributed by atoms with E-state index in [9.17, 15) is 4.79 Å². The molecule has 0 bridgehead atoms. The van der Waals surface area contributed by atoms with Crippen LogP contribution in [0.25, 0.3) is 22.3 Å². The molecule has 1 amide bonds. The van der Waals surface area contributed by atoms with Crippen molar-refractivity contribution >= 4 is 39.0 Å². The zero-order valence-corrected chi connectivity index (χ0v) is 17.9. The molecule has 4 aromatic rings. The van der Waals surface area contributed by atoms with Crippen molar-refractivity contribution in [3.63, 3.8) is 0 Å². The van der Waals surface area contributed by atoms with Gasteiger partial charge >= 0.3 is 0 Å². The van der Waals surface area contributed by atoms with Crippen LogP contribution in [0.4, 0.5) is 10.8 Å². The third-order valence-corrected chi connectivity index (χ3v) is 6.05. The summed E-state index contributed by atoms with van der Waals surface area (Å²) in [6.45, 7) is 5.08. The molecule has 3 heterocycles. The molecule has 1 aliphatic rings. The van der Waals surface area contributed by atoms with Crippen molar-refractivity contribution in [3.05, 3.63) is 65.3 Å². The van der Waals surface area contributed by atoms with Crippen LogP contribution in [0.3, 0.4) is 0 Å². The van der Waals surface area contributed by atoms with Gasteiger partial charge in [-0.1, -0.05) is 24.3 Å². The molecule has 0 atom stereocenters. The first kappa shape index (κ1) is 19.6. The lowest BCUT2D eigenvalue weighted by Gasteiger charge is -2.29. The second-order valence-corrected chi connectivity index (χ2v) is 8.19. The Hall–Kier alpha value is -3.36. The molecule has 1 fully saturated rings. The van der Waals surface area contributed by atoms with Crippen LogP contribution in [0.1, 0.15) is 16.1 Å². The van der Waals surface area contributed by atoms with E-state index < -0.39 is 0 Å². The number of amides is 1. The normalized spacial score (nSPS) is 14.0. The van der Waals surface area contributed by atoms with Gasteiger partial charge in [0.2, 0.25) is 0 Å². The number of morpholine rings is 1. The van der Waals surface area contributed by atoms with Gasteiger partial charge in [-0.15, -0.1) is 11.3 Å². The molecule has 5 rings (SSSR count). The Bertz CT molecular complexity index is 1250. The maximum absolute atomic E-state index is 12.9. The number of aromatic nitrogens is 3. The van der Waals surface area contributed by atoms with E-state index in [2.05, 4.69) is 32.3 Å². The molecule has 8 heteroatoms. The molecule has 2 aromatic carbocycles. The van der Waals surface area contributed by atoms with Gasteiger partial charge in [-0.2, -0.15) is 0 Å². The third kappa shape index (κ3) is 4.12. The molecule has 2 aromatic heterocycles. The van der Waals surface area contributed by atoms with Gasteiger partial charge in [0.25, 0.3) is 5.91 Å². The molecular weight excluding hydrogens is 410 g/mol. The molecule has 31 heavy (non-hydrogen) atoms. The van der Waals surface area contributed by atoms with Crippen LogP contribution in [-0.4, -0.2) is 47.2 Å². The van der Waals surface area contributed by atoms with Crippen LogP contribution in [0.5, 0.6) is 0 Å². The predicted molar refractivity (Wildman–Crippen MR) is 123 cm³/mol. The molecule has 1 aliphatic heterocycles. The number of carbonyl (C=O) groups is 1. The first-order chi connectivity index (χ1) is 15.2. The predicted octanol–water partition coefficient (Wildman–Crippen LogP) is 4.15. The number of hydrogen-bond acceptors (Lipinski definition) is 7. The SMILES string of the molecule is Cc1csc(NC(=O)c2cccc3cnc(-c4cccc(N5CCOCC5)c4)nc23)n1. The van der Waals surface area contributed by atoms with Gasteiger partial charge in [-0.3, -0.25) is 10.1 Å². The summed E-state index contributed by atoms with van der Waals surface area (Å²) < 4.78 is 5.46. The van der Waals surface area contributed by atoms with E-state index in [4.69, 9.17) is 9.72 Å². The number of nitrogens with zero attached hydrogens (tertiary/aromatic N) is 4. The molecule has 0 saturated carbocycles. The lowest BCUT2D eigenvalue weighted by molar-refractivity contribution is 0.102. The van der Waals surface area contributed by atoms with E-state index in [1.54, 1.807) is 12.3 Å². The first-order valence-electron chi connectivity index (χ1n) is 10.1. The maximum atomic E-state index is 12.9. The van der Waals surface area contributed by atoms with Gasteiger partial charge in [0.1, 0.15) is 0 Å². The van der Waals surface area contributed by atoms with Gasteiger partial charge in [-0.25, -0.2) is 15.0 Å². The van der Waals surface area contributed by atoms with Crippen LogP contribution >= 0.6 is 11.3 Å². The van der Waals surface area contributed by atoms with E-state index in [1.165, 1.54) is 11.3 Å². The van der Waals surface area contributed by atoms with Gasteiger partial charge in [0, 0.05) is 41.3 Å². The topological polar surface area (TPSA) is 80.2 Å². The van der Waals surface area contributed by atoms with Crippen LogP contribution < -0.4 is 10.2 Å². The molecule has 156 valence electrons. The number of benzene rings is 2. The summed E-state index contributed by atoms with van der Waals surface area (Å²) in [5.74, 6) is 0.361. The van der Waals surface area contributed by atoms with E-state index in [0.29, 0.717) is 22.0 Å². The van der Waals surface area contributed by atoms with Gasteiger partial charge in [-0.05, 0) is 25.1 Å². The average molecular weight is 432 g/mol. The highest BCUT2D eigenvalue weighted by Gasteiger charge is 2.16. The fourth-order valence-corrected chi connectivity index (χ4v) is 4.30. The second kappa shape index (κ2) is 8.41. The van der Waals surface area contributed by atoms with Crippen molar-refractivity contribution in [1.29, 1.82) is 0 Å². The van der Waals surface area contributed by atoms with E-state index in [0.717, 1.165) is 48.6 Å². The highest BCUT2D eigenvalue weighted by Crippen LogP contribution is 2.26. The number of ether oxygens (including phenoxy) is 1. The highest BCUT2D eigenvalue weighted by atomic mass is 32.1. The summed E-state index contributed by atoms with van der Waals surface area (Å²) in [7, 11) is 0. The van der Waals surface area contributed by atoms with E-state index in [-0.39, 0.29) is 5.91 Å². The number of carbonyl (C=O) groups excluding carboxylic acids is 1. The first-order valence-corrected chi connectivity index (χ1v) is 11.0. The van der Waals surface area contributed by atoms with Crippen molar-refractivity contribution in [1.82, 2.24) is 15.0 Å². The van der Waals surface area contributed by atoms with Crippen molar-refractivity contribution in [2.45, 2.75) is 6.92 Å². The minimum absolute atomic E-state index is 0.230. The van der Waals surface area contributed by atoms with Crippen molar-refractivity contribution in [3.8, 4) is 11.4 Å². The third-order valence-electron chi connectivity index (χ3n) is 5.18. The van der Waals surface area contributed by atoms with Crippen LogP contribution in [0.15, 0.2) is 54.0 Å². The largest absolute Gasteiger partial charge is 0.378 e. The summed E-state index contributed by atoms with van der Waals surface area (Å²) in [6.07, 6.45) is 1.77. The number of nitrogens with one attached hydrogen (secondary N) is 1. The molecular formula is C23H21N5O2S. The fourth-order valence-electron chi connectivity index (χ4n) is 3.62. The summed E-state index contributed by atoms with van der Waals surface area (Å²) in [5, 5.41) is 6.17. The monoisotopic (exact) mass is 431 g/mol. The lowest BCUT2D eigenvalue weighted by atomic mass is 10.1. The smallest absolute Gasteiger partial charge is 0.259 e. The zero-order valence-electron chi connectivity index (χ0n) is 17.0. The Labute approximate surface area is 183 Å². The van der Waals surface area contributed by atoms with E-state index >= 15 is 0 Å². The fraction of sp³-hybridized carbons (Fsp3) is 0.217. The van der Waals surface area contributed by atoms with E-state index in [1.807, 2.05) is 36.6 Å². The molecule has 0 unspecified atom stereocenters. The Balaban J connectivity index is 1.49. The maximum Gasteiger partial charge on any atom is 0.259 e. The quantitative estimate of drug-likeness (QED) is 0.523. The summed E-state index contributed by atoms with van der Waals surface area (Å²) in [5.41, 5.74) is 4.03. The number of thiazole rings is 1. The number of aryl methyl sites for hydroxylation is 1. The Kier molecular flexibility index (Phi) is 5.31. The van der Waals surface area contributed by atoms with Gasteiger partial charge < -0.3 is 9.64 Å². The zero-order chi connectivity index (χ0) is 21.2. The van der Waals surface area contributed by atoms with Crippen LogP contribution in [0, 0.1) is 6.92 Å². The molecule has 1 N–H and O–H groups in total. The molecule has 0 aliphatic carbocycles. The van der Waals surface area contributed by atoms with Crippen molar-refractivity contribution in [2.24, 2.45) is 0 Å². The number of para-hydroxylation sites is 1. The molecule has 1 saturated heterocycles. The van der Waals surface area contributed by atoms with Crippen LogP contribution in [-0.2, 0) is 4.74 Å². The summed E-state index contributed by atoms with van der Waals surface area (Å²) in [6, 6.07) is 13.7. The van der Waals surface area contributed by atoms with Gasteiger partial charge in [0.15, 0.2) is 11.0 Å².